The number of nitrogens with zero attached hydrogens (tertiary/aromatic N) is 2. The van der Waals surface area contributed by atoms with E-state index in [-0.39, 0.29) is 17.6 Å². The first kappa shape index (κ1) is 19.9. The molecule has 5 nitrogen and oxygen atoms in total. The Bertz CT molecular complexity index is 1040. The fourth-order valence-electron chi connectivity index (χ4n) is 3.99. The number of rotatable bonds is 5. The Balaban J connectivity index is 1.65. The van der Waals surface area contributed by atoms with Crippen molar-refractivity contribution in [3.05, 3.63) is 70.3 Å². The van der Waals surface area contributed by atoms with E-state index in [0.717, 1.165) is 35.8 Å². The molecule has 2 heterocycles. The molecule has 1 aliphatic heterocycles. The summed E-state index contributed by atoms with van der Waals surface area (Å²) in [6.45, 7) is 4.46. The summed E-state index contributed by atoms with van der Waals surface area (Å²) in [5, 5.41) is 0.834. The molecule has 1 aromatic heterocycles. The number of aromatic nitrogens is 1. The van der Waals surface area contributed by atoms with Gasteiger partial charge in [-0.2, -0.15) is 0 Å². The van der Waals surface area contributed by atoms with Gasteiger partial charge < -0.3 is 4.74 Å². The van der Waals surface area contributed by atoms with E-state index in [0.29, 0.717) is 17.7 Å². The van der Waals surface area contributed by atoms with Crippen LogP contribution in [0.15, 0.2) is 59.1 Å². The highest BCUT2D eigenvalue weighted by molar-refractivity contribution is 9.10. The number of hydrogen-bond donors (Lipinski definition) is 0. The summed E-state index contributed by atoms with van der Waals surface area (Å²) in [7, 11) is 0. The molecule has 1 aliphatic rings. The van der Waals surface area contributed by atoms with Crippen LogP contribution in [0.1, 0.15) is 40.6 Å². The second-order valence-corrected chi connectivity index (χ2v) is 8.17. The number of carbonyl (C=O) groups excluding carboxylic acids is 2. The van der Waals surface area contributed by atoms with Crippen molar-refractivity contribution in [2.24, 2.45) is 0 Å². The van der Waals surface area contributed by atoms with Crippen molar-refractivity contribution in [2.45, 2.75) is 25.8 Å². The molecular formula is C23H23BrN2O3. The Kier molecular flexibility index (Phi) is 5.83. The van der Waals surface area contributed by atoms with Crippen molar-refractivity contribution in [2.75, 3.05) is 19.7 Å². The molecule has 0 amide bonds. The zero-order chi connectivity index (χ0) is 20.4. The van der Waals surface area contributed by atoms with Crippen molar-refractivity contribution in [1.29, 1.82) is 0 Å². The molecule has 2 aromatic carbocycles. The lowest BCUT2D eigenvalue weighted by Crippen LogP contribution is -2.34. The molecule has 0 radical (unpaired) electrons. The van der Waals surface area contributed by atoms with E-state index < -0.39 is 5.97 Å². The van der Waals surface area contributed by atoms with E-state index >= 15 is 0 Å². The van der Waals surface area contributed by atoms with Gasteiger partial charge in [-0.05, 0) is 62.3 Å². The highest BCUT2D eigenvalue weighted by Crippen LogP contribution is 2.24. The normalized spacial score (nSPS) is 17.0. The Morgan fingerprint density at radius 2 is 1.90 bits per heavy atom. The summed E-state index contributed by atoms with van der Waals surface area (Å²) < 4.78 is 8.02. The number of fused-ring (bicyclic) bond motifs is 1. The van der Waals surface area contributed by atoms with Crippen LogP contribution in [-0.4, -0.2) is 47.1 Å². The zero-order valence-electron chi connectivity index (χ0n) is 16.3. The number of carbonyl (C=O) groups is 2. The van der Waals surface area contributed by atoms with E-state index in [2.05, 4.69) is 27.8 Å². The fraction of sp³-hybridized carbons (Fsp3) is 0.304. The number of para-hydroxylation sites is 1. The smallest absolute Gasteiger partial charge is 0.355 e. The van der Waals surface area contributed by atoms with Gasteiger partial charge in [0.1, 0.15) is 12.3 Å². The lowest BCUT2D eigenvalue weighted by atomic mass is 10.2. The van der Waals surface area contributed by atoms with E-state index in [1.807, 2.05) is 36.4 Å². The van der Waals surface area contributed by atoms with Gasteiger partial charge in [0.05, 0.1) is 5.52 Å². The van der Waals surface area contributed by atoms with Crippen molar-refractivity contribution in [1.82, 2.24) is 9.47 Å². The van der Waals surface area contributed by atoms with Gasteiger partial charge in [-0.3, -0.25) is 14.3 Å². The summed E-state index contributed by atoms with van der Waals surface area (Å²) in [4.78, 5) is 28.5. The number of likely N-dealkylation sites (tertiary alicyclic amines) is 1. The van der Waals surface area contributed by atoms with Gasteiger partial charge in [0.2, 0.25) is 0 Å². The van der Waals surface area contributed by atoms with Crippen LogP contribution in [-0.2, 0) is 4.74 Å². The van der Waals surface area contributed by atoms with Crippen LogP contribution in [0.3, 0.4) is 0 Å². The van der Waals surface area contributed by atoms with Crippen molar-refractivity contribution < 1.29 is 14.3 Å². The standard InChI is InChI=1S/C23H23BrN2O3/c1-2-25-13-5-7-19(25)15-29-23(28)21-14-17-6-3-4-8-20(17)26(21)22(27)16-9-11-18(24)12-10-16/h3-4,6,8-12,14,19H,2,5,7,13,15H2,1H3. The molecule has 6 heteroatoms. The van der Waals surface area contributed by atoms with Crippen LogP contribution in [0.5, 0.6) is 0 Å². The molecular weight excluding hydrogens is 432 g/mol. The van der Waals surface area contributed by atoms with Crippen LogP contribution in [0, 0.1) is 0 Å². The molecule has 150 valence electrons. The van der Waals surface area contributed by atoms with Crippen molar-refractivity contribution in [3.63, 3.8) is 0 Å². The first-order valence-electron chi connectivity index (χ1n) is 9.90. The van der Waals surface area contributed by atoms with Crippen LogP contribution in [0.4, 0.5) is 0 Å². The number of benzene rings is 2. The lowest BCUT2D eigenvalue weighted by molar-refractivity contribution is 0.0388. The number of likely N-dealkylation sites (N-methyl/N-ethyl adjacent to an activating group) is 1. The molecule has 0 bridgehead atoms. The third-order valence-electron chi connectivity index (χ3n) is 5.53. The van der Waals surface area contributed by atoms with Gasteiger partial charge in [-0.1, -0.05) is 41.1 Å². The molecule has 0 aliphatic carbocycles. The summed E-state index contributed by atoms with van der Waals surface area (Å²) in [5.74, 6) is -0.712. The van der Waals surface area contributed by atoms with E-state index in [9.17, 15) is 9.59 Å². The van der Waals surface area contributed by atoms with Crippen molar-refractivity contribution in [3.8, 4) is 0 Å². The quantitative estimate of drug-likeness (QED) is 0.522. The summed E-state index contributed by atoms with van der Waals surface area (Å²) in [5.41, 5.74) is 1.47. The summed E-state index contributed by atoms with van der Waals surface area (Å²) >= 11 is 3.39. The first-order valence-corrected chi connectivity index (χ1v) is 10.7. The van der Waals surface area contributed by atoms with Gasteiger partial charge in [0.25, 0.3) is 5.91 Å². The number of ether oxygens (including phenoxy) is 1. The molecule has 0 N–H and O–H groups in total. The number of hydrogen-bond acceptors (Lipinski definition) is 4. The maximum absolute atomic E-state index is 13.2. The molecule has 0 saturated carbocycles. The van der Waals surface area contributed by atoms with Crippen LogP contribution < -0.4 is 0 Å². The Labute approximate surface area is 178 Å². The monoisotopic (exact) mass is 454 g/mol. The molecule has 0 spiro atoms. The Morgan fingerprint density at radius 1 is 1.14 bits per heavy atom. The second kappa shape index (κ2) is 8.51. The third kappa shape index (κ3) is 4.00. The van der Waals surface area contributed by atoms with Crippen LogP contribution in [0.2, 0.25) is 0 Å². The average molecular weight is 455 g/mol. The summed E-state index contributed by atoms with van der Waals surface area (Å²) in [6.07, 6.45) is 2.15. The highest BCUT2D eigenvalue weighted by atomic mass is 79.9. The van der Waals surface area contributed by atoms with E-state index in [1.54, 1.807) is 18.2 Å². The highest BCUT2D eigenvalue weighted by Gasteiger charge is 2.27. The van der Waals surface area contributed by atoms with Gasteiger partial charge in [0, 0.05) is 21.5 Å². The largest absolute Gasteiger partial charge is 0.459 e. The Hall–Kier alpha value is -2.44. The Morgan fingerprint density at radius 3 is 2.66 bits per heavy atom. The summed E-state index contributed by atoms with van der Waals surface area (Å²) in [6, 6.07) is 16.6. The van der Waals surface area contributed by atoms with Gasteiger partial charge >= 0.3 is 5.97 Å². The predicted octanol–water partition coefficient (Wildman–Crippen LogP) is 4.73. The molecule has 1 saturated heterocycles. The fourth-order valence-corrected chi connectivity index (χ4v) is 4.26. The minimum absolute atomic E-state index is 0.248. The van der Waals surface area contributed by atoms with Gasteiger partial charge in [0.15, 0.2) is 0 Å². The minimum atomic E-state index is -0.463. The van der Waals surface area contributed by atoms with E-state index in [4.69, 9.17) is 4.74 Å². The first-order chi connectivity index (χ1) is 14.1. The maximum atomic E-state index is 13.2. The van der Waals surface area contributed by atoms with Gasteiger partial charge in [-0.25, -0.2) is 4.79 Å². The number of halogens is 1. The average Bonchev–Trinajstić information content (AvgIpc) is 3.36. The van der Waals surface area contributed by atoms with Crippen LogP contribution >= 0.6 is 15.9 Å². The molecule has 1 unspecified atom stereocenters. The molecule has 1 fully saturated rings. The third-order valence-corrected chi connectivity index (χ3v) is 6.05. The molecule has 3 aromatic rings. The minimum Gasteiger partial charge on any atom is -0.459 e. The number of esters is 1. The van der Waals surface area contributed by atoms with Crippen molar-refractivity contribution >= 4 is 38.7 Å². The molecule has 29 heavy (non-hydrogen) atoms. The zero-order valence-corrected chi connectivity index (χ0v) is 17.9. The topological polar surface area (TPSA) is 51.5 Å². The SMILES string of the molecule is CCN1CCCC1COC(=O)c1cc2ccccc2n1C(=O)c1ccc(Br)cc1. The second-order valence-electron chi connectivity index (χ2n) is 7.26. The van der Waals surface area contributed by atoms with Gasteiger partial charge in [-0.15, -0.1) is 0 Å². The molecule has 4 rings (SSSR count). The molecule has 1 atom stereocenters. The van der Waals surface area contributed by atoms with Crippen LogP contribution in [0.25, 0.3) is 10.9 Å². The lowest BCUT2D eigenvalue weighted by Gasteiger charge is -2.22. The predicted molar refractivity (Wildman–Crippen MR) is 116 cm³/mol. The van der Waals surface area contributed by atoms with E-state index in [1.165, 1.54) is 4.57 Å². The maximum Gasteiger partial charge on any atom is 0.355 e.